The second-order valence-electron chi connectivity index (χ2n) is 5.80. The molecule has 0 atom stereocenters. The van der Waals surface area contributed by atoms with Gasteiger partial charge in [-0.3, -0.25) is 4.90 Å². The SMILES string of the molecule is CCN(CC)Cc1cccc(Cl)c1CCc1cc(Br)ccc1OC. The Morgan fingerprint density at radius 3 is 2.46 bits per heavy atom. The molecule has 0 aliphatic rings. The maximum atomic E-state index is 6.51. The topological polar surface area (TPSA) is 12.5 Å². The van der Waals surface area contributed by atoms with Crippen molar-refractivity contribution in [3.8, 4) is 5.75 Å². The fraction of sp³-hybridized carbons (Fsp3) is 0.400. The van der Waals surface area contributed by atoms with Crippen LogP contribution in [0.15, 0.2) is 40.9 Å². The van der Waals surface area contributed by atoms with Gasteiger partial charge in [0.2, 0.25) is 0 Å². The summed E-state index contributed by atoms with van der Waals surface area (Å²) in [4.78, 5) is 2.41. The molecule has 2 aromatic rings. The molecule has 0 unspecified atom stereocenters. The molecule has 0 saturated carbocycles. The molecule has 0 bridgehead atoms. The highest BCUT2D eigenvalue weighted by molar-refractivity contribution is 9.10. The first-order chi connectivity index (χ1) is 11.6. The van der Waals surface area contributed by atoms with Crippen molar-refractivity contribution in [3.05, 3.63) is 62.6 Å². The van der Waals surface area contributed by atoms with E-state index < -0.39 is 0 Å². The number of hydrogen-bond donors (Lipinski definition) is 0. The fourth-order valence-corrected chi connectivity index (χ4v) is 3.62. The van der Waals surface area contributed by atoms with Crippen LogP contribution in [0.1, 0.15) is 30.5 Å². The number of benzene rings is 2. The molecule has 2 aromatic carbocycles. The molecule has 0 aliphatic heterocycles. The lowest BCUT2D eigenvalue weighted by Gasteiger charge is -2.21. The first-order valence-electron chi connectivity index (χ1n) is 8.40. The smallest absolute Gasteiger partial charge is 0.122 e. The maximum Gasteiger partial charge on any atom is 0.122 e. The zero-order chi connectivity index (χ0) is 17.5. The Balaban J connectivity index is 2.22. The molecule has 0 spiro atoms. The molecule has 130 valence electrons. The van der Waals surface area contributed by atoms with Crippen molar-refractivity contribution in [2.24, 2.45) is 0 Å². The third-order valence-electron chi connectivity index (χ3n) is 4.39. The van der Waals surface area contributed by atoms with E-state index in [0.717, 1.165) is 47.7 Å². The van der Waals surface area contributed by atoms with Gasteiger partial charge in [0.15, 0.2) is 0 Å². The summed E-state index contributed by atoms with van der Waals surface area (Å²) in [6.45, 7) is 7.42. The van der Waals surface area contributed by atoms with E-state index >= 15 is 0 Å². The number of aryl methyl sites for hydroxylation is 1. The predicted octanol–water partition coefficient (Wildman–Crippen LogP) is 5.74. The standard InChI is InChI=1S/C20H25BrClNO/c1-4-23(5-2)14-16-7-6-8-19(22)18(16)11-9-15-13-17(21)10-12-20(15)24-3/h6-8,10,12-13H,4-5,9,11,14H2,1-3H3. The first-order valence-corrected chi connectivity index (χ1v) is 9.57. The summed E-state index contributed by atoms with van der Waals surface area (Å²) in [5.74, 6) is 0.926. The third kappa shape index (κ3) is 4.98. The lowest BCUT2D eigenvalue weighted by molar-refractivity contribution is 0.295. The zero-order valence-electron chi connectivity index (χ0n) is 14.6. The van der Waals surface area contributed by atoms with E-state index in [1.54, 1.807) is 7.11 Å². The first kappa shape index (κ1) is 19.3. The summed E-state index contributed by atoms with van der Waals surface area (Å²) in [6.07, 6.45) is 1.81. The van der Waals surface area contributed by atoms with Crippen molar-refractivity contribution in [2.75, 3.05) is 20.2 Å². The molecule has 24 heavy (non-hydrogen) atoms. The normalized spacial score (nSPS) is 11.1. The minimum atomic E-state index is 0.855. The van der Waals surface area contributed by atoms with Gasteiger partial charge in [-0.2, -0.15) is 0 Å². The van der Waals surface area contributed by atoms with Crippen LogP contribution in [0.2, 0.25) is 5.02 Å². The Hall–Kier alpha value is -1.03. The number of hydrogen-bond acceptors (Lipinski definition) is 2. The van der Waals surface area contributed by atoms with Gasteiger partial charge in [-0.1, -0.05) is 53.5 Å². The third-order valence-corrected chi connectivity index (χ3v) is 5.24. The highest BCUT2D eigenvalue weighted by Gasteiger charge is 2.12. The molecule has 0 amide bonds. The van der Waals surface area contributed by atoms with Crippen LogP contribution in [0, 0.1) is 0 Å². The van der Waals surface area contributed by atoms with Crippen LogP contribution in [0.3, 0.4) is 0 Å². The number of nitrogens with zero attached hydrogens (tertiary/aromatic N) is 1. The highest BCUT2D eigenvalue weighted by atomic mass is 79.9. The average Bonchev–Trinajstić information content (AvgIpc) is 2.59. The summed E-state index contributed by atoms with van der Waals surface area (Å²) >= 11 is 10.1. The second kappa shape index (κ2) is 9.45. The van der Waals surface area contributed by atoms with E-state index in [0.29, 0.717) is 0 Å². The van der Waals surface area contributed by atoms with Gasteiger partial charge >= 0.3 is 0 Å². The van der Waals surface area contributed by atoms with Gasteiger partial charge < -0.3 is 4.74 Å². The lowest BCUT2D eigenvalue weighted by atomic mass is 9.98. The quantitative estimate of drug-likeness (QED) is 0.550. The van der Waals surface area contributed by atoms with Crippen LogP contribution >= 0.6 is 27.5 Å². The lowest BCUT2D eigenvalue weighted by Crippen LogP contribution is -2.23. The maximum absolute atomic E-state index is 6.51. The molecule has 4 heteroatoms. The van der Waals surface area contributed by atoms with Crippen molar-refractivity contribution in [2.45, 2.75) is 33.2 Å². The summed E-state index contributed by atoms with van der Waals surface area (Å²) in [5, 5.41) is 0.855. The Bertz CT molecular complexity index is 671. The van der Waals surface area contributed by atoms with Crippen LogP contribution < -0.4 is 4.74 Å². The van der Waals surface area contributed by atoms with E-state index in [1.165, 1.54) is 16.7 Å². The summed E-state index contributed by atoms with van der Waals surface area (Å²) in [5.41, 5.74) is 3.76. The summed E-state index contributed by atoms with van der Waals surface area (Å²) in [7, 11) is 1.72. The van der Waals surface area contributed by atoms with Gasteiger partial charge in [-0.05, 0) is 66.9 Å². The van der Waals surface area contributed by atoms with Gasteiger partial charge in [0.1, 0.15) is 5.75 Å². The fourth-order valence-electron chi connectivity index (χ4n) is 2.92. The van der Waals surface area contributed by atoms with Crippen molar-refractivity contribution >= 4 is 27.5 Å². The van der Waals surface area contributed by atoms with E-state index in [-0.39, 0.29) is 0 Å². The predicted molar refractivity (Wildman–Crippen MR) is 106 cm³/mol. The van der Waals surface area contributed by atoms with E-state index in [9.17, 15) is 0 Å². The van der Waals surface area contributed by atoms with E-state index in [1.807, 2.05) is 24.3 Å². The average molecular weight is 411 g/mol. The van der Waals surface area contributed by atoms with Gasteiger partial charge in [-0.25, -0.2) is 0 Å². The van der Waals surface area contributed by atoms with Crippen molar-refractivity contribution in [1.29, 1.82) is 0 Å². The van der Waals surface area contributed by atoms with Crippen LogP contribution in [0.25, 0.3) is 0 Å². The molecule has 0 fully saturated rings. The summed E-state index contributed by atoms with van der Waals surface area (Å²) in [6, 6.07) is 12.4. The molecule has 2 rings (SSSR count). The molecule has 0 radical (unpaired) electrons. The Morgan fingerprint density at radius 2 is 1.79 bits per heavy atom. The summed E-state index contributed by atoms with van der Waals surface area (Å²) < 4.78 is 6.56. The van der Waals surface area contributed by atoms with Gasteiger partial charge in [0.05, 0.1) is 7.11 Å². The van der Waals surface area contributed by atoms with Gasteiger partial charge in [0, 0.05) is 16.0 Å². The molecule has 2 nitrogen and oxygen atoms in total. The van der Waals surface area contributed by atoms with E-state index in [4.69, 9.17) is 16.3 Å². The van der Waals surface area contributed by atoms with Gasteiger partial charge in [-0.15, -0.1) is 0 Å². The second-order valence-corrected chi connectivity index (χ2v) is 7.12. The monoisotopic (exact) mass is 409 g/mol. The van der Waals surface area contributed by atoms with Crippen LogP contribution in [0.5, 0.6) is 5.75 Å². The molecule has 0 N–H and O–H groups in total. The van der Waals surface area contributed by atoms with E-state index in [2.05, 4.69) is 46.8 Å². The molecule has 0 aromatic heterocycles. The molecule has 0 saturated heterocycles. The van der Waals surface area contributed by atoms with Crippen molar-refractivity contribution in [1.82, 2.24) is 4.90 Å². The Kier molecular flexibility index (Phi) is 7.60. The van der Waals surface area contributed by atoms with Crippen LogP contribution in [0.4, 0.5) is 0 Å². The zero-order valence-corrected chi connectivity index (χ0v) is 17.0. The van der Waals surface area contributed by atoms with Crippen LogP contribution in [-0.2, 0) is 19.4 Å². The highest BCUT2D eigenvalue weighted by Crippen LogP contribution is 2.27. The molecule has 0 aliphatic carbocycles. The number of methoxy groups -OCH3 is 1. The number of ether oxygens (including phenoxy) is 1. The van der Waals surface area contributed by atoms with Crippen molar-refractivity contribution in [3.63, 3.8) is 0 Å². The van der Waals surface area contributed by atoms with Crippen LogP contribution in [-0.4, -0.2) is 25.1 Å². The number of rotatable bonds is 8. The molecular weight excluding hydrogens is 386 g/mol. The molecule has 0 heterocycles. The minimum Gasteiger partial charge on any atom is -0.496 e. The van der Waals surface area contributed by atoms with Crippen molar-refractivity contribution < 1.29 is 4.74 Å². The largest absolute Gasteiger partial charge is 0.496 e. The molecular formula is C20H25BrClNO. The van der Waals surface area contributed by atoms with Gasteiger partial charge in [0.25, 0.3) is 0 Å². The number of halogens is 2. The minimum absolute atomic E-state index is 0.855. The Morgan fingerprint density at radius 1 is 1.04 bits per heavy atom. The Labute approximate surface area is 158 Å².